The van der Waals surface area contributed by atoms with E-state index in [9.17, 15) is 4.79 Å². The van der Waals surface area contributed by atoms with Crippen LogP contribution in [0.25, 0.3) is 0 Å². The van der Waals surface area contributed by atoms with E-state index in [1.54, 1.807) is 6.20 Å². The van der Waals surface area contributed by atoms with Crippen LogP contribution < -0.4 is 9.64 Å². The lowest BCUT2D eigenvalue weighted by Gasteiger charge is -2.38. The molecule has 6 heteroatoms. The van der Waals surface area contributed by atoms with Crippen molar-refractivity contribution in [2.75, 3.05) is 31.1 Å². The zero-order valence-electron chi connectivity index (χ0n) is 17.1. The molecule has 0 bridgehead atoms. The molecule has 1 aromatic carbocycles. The number of aryl methyl sites for hydroxylation is 1. The molecule has 0 aliphatic carbocycles. The Bertz CT molecular complexity index is 982. The molecule has 2 fully saturated rings. The quantitative estimate of drug-likeness (QED) is 0.769. The van der Waals surface area contributed by atoms with Gasteiger partial charge in [0.05, 0.1) is 18.2 Å². The van der Waals surface area contributed by atoms with Gasteiger partial charge in [-0.1, -0.05) is 12.1 Å². The topological polar surface area (TPSA) is 69.5 Å². The van der Waals surface area contributed by atoms with E-state index in [1.807, 2.05) is 12.1 Å². The standard InChI is InChI=1S/C24H26N4O2/c25-14-18-5-7-23(26-15-18)27-9-10-28-21(16-27)13-20(24(28)29)3-1-2-17-4-6-22-19(12-17)8-11-30-22/h4-7,12,15,20-21H,1-3,8-11,13,16H2/t20-,21-/m0/s1. The van der Waals surface area contributed by atoms with Crippen molar-refractivity contribution in [1.29, 1.82) is 5.26 Å². The van der Waals surface area contributed by atoms with Crippen molar-refractivity contribution in [1.82, 2.24) is 9.88 Å². The largest absolute Gasteiger partial charge is 0.493 e. The van der Waals surface area contributed by atoms with Gasteiger partial charge in [-0.2, -0.15) is 5.26 Å². The molecule has 2 aromatic rings. The summed E-state index contributed by atoms with van der Waals surface area (Å²) in [6.07, 6.45) is 6.57. The second-order valence-corrected chi connectivity index (χ2v) is 8.51. The van der Waals surface area contributed by atoms with E-state index in [4.69, 9.17) is 10.00 Å². The van der Waals surface area contributed by atoms with Crippen LogP contribution in [0.5, 0.6) is 5.75 Å². The van der Waals surface area contributed by atoms with E-state index in [-0.39, 0.29) is 12.0 Å². The maximum atomic E-state index is 12.9. The van der Waals surface area contributed by atoms with Gasteiger partial charge in [0.25, 0.3) is 0 Å². The van der Waals surface area contributed by atoms with Crippen LogP contribution in [0.3, 0.4) is 0 Å². The molecule has 1 aromatic heterocycles. The van der Waals surface area contributed by atoms with Gasteiger partial charge in [0.15, 0.2) is 0 Å². The number of benzene rings is 1. The number of anilines is 1. The lowest BCUT2D eigenvalue weighted by atomic mass is 9.95. The summed E-state index contributed by atoms with van der Waals surface area (Å²) in [4.78, 5) is 21.6. The number of piperazine rings is 1. The van der Waals surface area contributed by atoms with Gasteiger partial charge in [0.2, 0.25) is 5.91 Å². The van der Waals surface area contributed by atoms with E-state index in [0.29, 0.717) is 11.5 Å². The molecule has 3 aliphatic rings. The summed E-state index contributed by atoms with van der Waals surface area (Å²) in [6.45, 7) is 3.17. The minimum Gasteiger partial charge on any atom is -0.493 e. The number of hydrogen-bond donors (Lipinski definition) is 0. The first-order valence-corrected chi connectivity index (χ1v) is 10.9. The summed E-state index contributed by atoms with van der Waals surface area (Å²) in [6, 6.07) is 12.6. The zero-order chi connectivity index (χ0) is 20.5. The number of pyridine rings is 1. The molecule has 2 saturated heterocycles. The molecule has 2 atom stereocenters. The second kappa shape index (κ2) is 7.98. The van der Waals surface area contributed by atoms with Crippen LogP contribution >= 0.6 is 0 Å². The predicted molar refractivity (Wildman–Crippen MR) is 113 cm³/mol. The van der Waals surface area contributed by atoms with E-state index in [1.165, 1.54) is 11.1 Å². The Morgan fingerprint density at radius 3 is 3.00 bits per heavy atom. The van der Waals surface area contributed by atoms with E-state index in [0.717, 1.165) is 69.9 Å². The van der Waals surface area contributed by atoms with Crippen LogP contribution in [-0.2, 0) is 17.6 Å². The van der Waals surface area contributed by atoms with Gasteiger partial charge in [-0.3, -0.25) is 4.79 Å². The van der Waals surface area contributed by atoms with Gasteiger partial charge in [-0.05, 0) is 55.0 Å². The number of nitriles is 1. The second-order valence-electron chi connectivity index (χ2n) is 8.51. The van der Waals surface area contributed by atoms with Gasteiger partial charge in [-0.25, -0.2) is 4.98 Å². The molecule has 30 heavy (non-hydrogen) atoms. The molecule has 0 N–H and O–H groups in total. The first kappa shape index (κ1) is 18.9. The molecule has 5 rings (SSSR count). The fourth-order valence-corrected chi connectivity index (χ4v) is 5.05. The molecule has 0 unspecified atom stereocenters. The lowest BCUT2D eigenvalue weighted by Crippen LogP contribution is -2.51. The van der Waals surface area contributed by atoms with Crippen molar-refractivity contribution in [3.8, 4) is 11.8 Å². The lowest BCUT2D eigenvalue weighted by molar-refractivity contribution is -0.132. The van der Waals surface area contributed by atoms with Gasteiger partial charge in [0.1, 0.15) is 17.6 Å². The van der Waals surface area contributed by atoms with Crippen molar-refractivity contribution >= 4 is 11.7 Å². The van der Waals surface area contributed by atoms with Gasteiger partial charge >= 0.3 is 0 Å². The monoisotopic (exact) mass is 402 g/mol. The molecular formula is C24H26N4O2. The number of aromatic nitrogens is 1. The van der Waals surface area contributed by atoms with E-state index >= 15 is 0 Å². The first-order chi connectivity index (χ1) is 14.7. The van der Waals surface area contributed by atoms with Crippen molar-refractivity contribution < 1.29 is 9.53 Å². The van der Waals surface area contributed by atoms with Crippen LogP contribution in [0.4, 0.5) is 5.82 Å². The number of carbonyl (C=O) groups is 1. The van der Waals surface area contributed by atoms with Crippen molar-refractivity contribution in [3.63, 3.8) is 0 Å². The average molecular weight is 402 g/mol. The third-order valence-electron chi connectivity index (χ3n) is 6.64. The fraction of sp³-hybridized carbons (Fsp3) is 0.458. The summed E-state index contributed by atoms with van der Waals surface area (Å²) in [5, 5.41) is 8.95. The highest BCUT2D eigenvalue weighted by Crippen LogP contribution is 2.33. The van der Waals surface area contributed by atoms with Gasteiger partial charge < -0.3 is 14.5 Å². The number of carbonyl (C=O) groups excluding carboxylic acids is 1. The Labute approximate surface area is 177 Å². The molecule has 0 saturated carbocycles. The van der Waals surface area contributed by atoms with E-state index < -0.39 is 0 Å². The predicted octanol–water partition coefficient (Wildman–Crippen LogP) is 2.95. The highest BCUT2D eigenvalue weighted by Gasteiger charge is 2.42. The summed E-state index contributed by atoms with van der Waals surface area (Å²) < 4.78 is 5.59. The molecule has 0 spiro atoms. The van der Waals surface area contributed by atoms with Crippen LogP contribution in [0.1, 0.15) is 36.0 Å². The van der Waals surface area contributed by atoms with E-state index in [2.05, 4.69) is 39.1 Å². The van der Waals surface area contributed by atoms with Crippen LogP contribution in [-0.4, -0.2) is 48.1 Å². The molecule has 154 valence electrons. The molecule has 0 radical (unpaired) electrons. The SMILES string of the molecule is N#Cc1ccc(N2CCN3C(=O)[C@@H](CCCc4ccc5c(c4)CCO5)C[C@H]3C2)nc1. The third kappa shape index (κ3) is 3.60. The van der Waals surface area contributed by atoms with Crippen LogP contribution in [0, 0.1) is 17.2 Å². The zero-order valence-corrected chi connectivity index (χ0v) is 17.1. The van der Waals surface area contributed by atoms with Crippen LogP contribution in [0.15, 0.2) is 36.5 Å². The minimum absolute atomic E-state index is 0.140. The Kier molecular flexibility index (Phi) is 5.04. The third-order valence-corrected chi connectivity index (χ3v) is 6.64. The number of rotatable bonds is 5. The number of amides is 1. The van der Waals surface area contributed by atoms with Gasteiger partial charge in [-0.15, -0.1) is 0 Å². The Morgan fingerprint density at radius 1 is 1.23 bits per heavy atom. The first-order valence-electron chi connectivity index (χ1n) is 10.9. The molecule has 1 amide bonds. The van der Waals surface area contributed by atoms with Crippen LogP contribution in [0.2, 0.25) is 0 Å². The number of ether oxygens (including phenoxy) is 1. The average Bonchev–Trinajstić information content (AvgIpc) is 3.37. The number of nitrogens with zero attached hydrogens (tertiary/aromatic N) is 4. The van der Waals surface area contributed by atoms with Crippen molar-refractivity contribution in [2.45, 2.75) is 38.1 Å². The maximum Gasteiger partial charge on any atom is 0.226 e. The smallest absolute Gasteiger partial charge is 0.226 e. The number of hydrogen-bond acceptors (Lipinski definition) is 5. The maximum absolute atomic E-state index is 12.9. The van der Waals surface area contributed by atoms with Gasteiger partial charge in [0, 0.05) is 38.2 Å². The summed E-state index contributed by atoms with van der Waals surface area (Å²) in [5.41, 5.74) is 3.24. The Hall–Kier alpha value is -3.07. The normalized spacial score (nSPS) is 22.4. The highest BCUT2D eigenvalue weighted by atomic mass is 16.5. The highest BCUT2D eigenvalue weighted by molar-refractivity contribution is 5.82. The molecule has 6 nitrogen and oxygen atoms in total. The van der Waals surface area contributed by atoms with Crippen molar-refractivity contribution in [3.05, 3.63) is 53.2 Å². The molecular weight excluding hydrogens is 376 g/mol. The summed E-state index contributed by atoms with van der Waals surface area (Å²) >= 11 is 0. The number of fused-ring (bicyclic) bond motifs is 2. The Balaban J connectivity index is 1.16. The molecule has 4 heterocycles. The fourth-order valence-electron chi connectivity index (χ4n) is 5.05. The summed E-state index contributed by atoms with van der Waals surface area (Å²) in [5.74, 6) is 2.39. The molecule has 3 aliphatic heterocycles. The summed E-state index contributed by atoms with van der Waals surface area (Å²) in [7, 11) is 0. The minimum atomic E-state index is 0.140. The Morgan fingerprint density at radius 2 is 2.17 bits per heavy atom. The van der Waals surface area contributed by atoms with Crippen molar-refractivity contribution in [2.24, 2.45) is 5.92 Å².